The number of rotatable bonds is 4. The van der Waals surface area contributed by atoms with Crippen molar-refractivity contribution < 1.29 is 0 Å². The van der Waals surface area contributed by atoms with Crippen molar-refractivity contribution in [2.75, 3.05) is 11.5 Å². The highest BCUT2D eigenvalue weighted by atomic mass is 35.5. The molecule has 0 radical (unpaired) electrons. The maximum atomic E-state index is 7.02. The van der Waals surface area contributed by atoms with Gasteiger partial charge in [0.15, 0.2) is 5.17 Å². The Morgan fingerprint density at radius 1 is 1.27 bits per heavy atom. The zero-order valence-corrected chi connectivity index (χ0v) is 11.1. The lowest BCUT2D eigenvalue weighted by Crippen LogP contribution is -2.05. The molecule has 0 aromatic heterocycles. The smallest absolute Gasteiger partial charge is 0.151 e. The average Bonchev–Trinajstić information content (AvgIpc) is 2.15. The fraction of sp³-hybridized carbons (Fsp3) is 0.222. The lowest BCUT2D eigenvalue weighted by molar-refractivity contribution is 1.44. The van der Waals surface area contributed by atoms with Gasteiger partial charge in [-0.2, -0.15) is 0 Å². The van der Waals surface area contributed by atoms with Crippen molar-refractivity contribution in [1.29, 1.82) is 5.41 Å². The van der Waals surface area contributed by atoms with E-state index in [2.05, 4.69) is 0 Å². The molecule has 0 aliphatic rings. The topological polar surface area (TPSA) is 49.9 Å². The van der Waals surface area contributed by atoms with Crippen LogP contribution >= 0.6 is 47.5 Å². The summed E-state index contributed by atoms with van der Waals surface area (Å²) in [5, 5.41) is 7.96. The summed E-state index contributed by atoms with van der Waals surface area (Å²) in [5.41, 5.74) is 5.21. The monoisotopic (exact) mass is 282 g/mol. The van der Waals surface area contributed by atoms with Gasteiger partial charge in [0.1, 0.15) is 0 Å². The molecule has 0 aliphatic carbocycles. The molecule has 84 valence electrons. The zero-order chi connectivity index (χ0) is 10.4. The van der Waals surface area contributed by atoms with Gasteiger partial charge in [-0.1, -0.05) is 23.4 Å². The number of amidine groups is 1. The minimum absolute atomic E-state index is 0. The third-order valence-corrected chi connectivity index (χ3v) is 3.67. The second-order valence-electron chi connectivity index (χ2n) is 2.52. The Bertz CT molecular complexity index is 303. The Labute approximate surface area is 109 Å². The zero-order valence-electron chi connectivity index (χ0n) is 7.90. The summed E-state index contributed by atoms with van der Waals surface area (Å²) in [7, 11) is 0. The van der Waals surface area contributed by atoms with Crippen LogP contribution < -0.4 is 5.73 Å². The lowest BCUT2D eigenvalue weighted by atomic mass is 10.4. The quantitative estimate of drug-likeness (QED) is 0.385. The maximum absolute atomic E-state index is 7.02. The van der Waals surface area contributed by atoms with Gasteiger partial charge in [0, 0.05) is 21.4 Å². The first kappa shape index (κ1) is 15.0. The van der Waals surface area contributed by atoms with E-state index < -0.39 is 0 Å². The van der Waals surface area contributed by atoms with Crippen LogP contribution in [0.15, 0.2) is 29.2 Å². The summed E-state index contributed by atoms with van der Waals surface area (Å²) < 4.78 is 0. The molecular weight excluding hydrogens is 271 g/mol. The molecule has 15 heavy (non-hydrogen) atoms. The Morgan fingerprint density at radius 2 is 1.87 bits per heavy atom. The van der Waals surface area contributed by atoms with Crippen molar-refractivity contribution in [1.82, 2.24) is 0 Å². The summed E-state index contributed by atoms with van der Waals surface area (Å²) in [6, 6.07) is 7.74. The van der Waals surface area contributed by atoms with E-state index in [-0.39, 0.29) is 17.6 Å². The van der Waals surface area contributed by atoms with Crippen LogP contribution in [0.2, 0.25) is 5.02 Å². The fourth-order valence-corrected chi connectivity index (χ4v) is 2.42. The van der Waals surface area contributed by atoms with E-state index in [0.717, 1.165) is 16.5 Å². The highest BCUT2D eigenvalue weighted by molar-refractivity contribution is 8.14. The minimum Gasteiger partial charge on any atom is -0.379 e. The van der Waals surface area contributed by atoms with Crippen LogP contribution in [0.5, 0.6) is 0 Å². The second kappa shape index (κ2) is 8.16. The number of halogens is 2. The molecule has 0 fully saturated rings. The number of hydrogen-bond donors (Lipinski definition) is 2. The van der Waals surface area contributed by atoms with Crippen LogP contribution in [0.25, 0.3) is 0 Å². The molecule has 2 nitrogen and oxygen atoms in total. The minimum atomic E-state index is 0. The highest BCUT2D eigenvalue weighted by Crippen LogP contribution is 2.21. The van der Waals surface area contributed by atoms with Gasteiger partial charge in [0.25, 0.3) is 0 Å². The van der Waals surface area contributed by atoms with Gasteiger partial charge < -0.3 is 5.73 Å². The van der Waals surface area contributed by atoms with Gasteiger partial charge >= 0.3 is 0 Å². The number of nitrogens with two attached hydrogens (primary N) is 1. The van der Waals surface area contributed by atoms with Crippen molar-refractivity contribution in [2.45, 2.75) is 4.90 Å². The molecule has 0 amide bonds. The van der Waals surface area contributed by atoms with Gasteiger partial charge in [0.2, 0.25) is 0 Å². The van der Waals surface area contributed by atoms with Gasteiger partial charge in [-0.3, -0.25) is 5.41 Å². The maximum Gasteiger partial charge on any atom is 0.151 e. The number of thioether (sulfide) groups is 2. The Hall–Kier alpha value is -0.0300. The molecule has 0 unspecified atom stereocenters. The summed E-state index contributed by atoms with van der Waals surface area (Å²) in [6.45, 7) is 0. The number of benzene rings is 1. The van der Waals surface area contributed by atoms with Crippen LogP contribution in [-0.4, -0.2) is 16.7 Å². The summed E-state index contributed by atoms with van der Waals surface area (Å²) in [4.78, 5) is 1.19. The molecule has 0 aliphatic heterocycles. The Balaban J connectivity index is 0.00000196. The van der Waals surface area contributed by atoms with Gasteiger partial charge in [-0.15, -0.1) is 24.2 Å². The Kier molecular flexibility index (Phi) is 8.14. The molecular formula is C9H12Cl2N2S2. The molecule has 0 saturated heterocycles. The largest absolute Gasteiger partial charge is 0.379 e. The summed E-state index contributed by atoms with van der Waals surface area (Å²) in [5.74, 6) is 1.81. The SMILES string of the molecule is Cl.N=C(N)SCCSc1ccc(Cl)cc1. The van der Waals surface area contributed by atoms with Crippen molar-refractivity contribution in [2.24, 2.45) is 5.73 Å². The second-order valence-corrected chi connectivity index (χ2v) is 5.26. The van der Waals surface area contributed by atoms with Crippen molar-refractivity contribution in [3.8, 4) is 0 Å². The van der Waals surface area contributed by atoms with E-state index >= 15 is 0 Å². The molecule has 0 saturated carbocycles. The van der Waals surface area contributed by atoms with Crippen LogP contribution in [0, 0.1) is 5.41 Å². The first-order valence-corrected chi connectivity index (χ1v) is 6.38. The molecule has 1 rings (SSSR count). The first-order chi connectivity index (χ1) is 6.68. The van der Waals surface area contributed by atoms with Crippen molar-refractivity contribution in [3.05, 3.63) is 29.3 Å². The van der Waals surface area contributed by atoms with Crippen LogP contribution in [0.1, 0.15) is 0 Å². The van der Waals surface area contributed by atoms with E-state index in [9.17, 15) is 0 Å². The van der Waals surface area contributed by atoms with Crippen molar-refractivity contribution >= 4 is 52.7 Å². The van der Waals surface area contributed by atoms with Crippen LogP contribution in [0.4, 0.5) is 0 Å². The Morgan fingerprint density at radius 3 is 2.40 bits per heavy atom. The molecule has 0 bridgehead atoms. The predicted octanol–water partition coefficient (Wildman–Crippen LogP) is 3.48. The molecule has 6 heteroatoms. The fourth-order valence-electron chi connectivity index (χ4n) is 0.842. The number of hydrogen-bond acceptors (Lipinski definition) is 3. The summed E-state index contributed by atoms with van der Waals surface area (Å²) in [6.07, 6.45) is 0. The van der Waals surface area contributed by atoms with E-state index in [4.69, 9.17) is 22.7 Å². The predicted molar refractivity (Wildman–Crippen MR) is 73.8 cm³/mol. The molecule has 3 N–H and O–H groups in total. The van der Waals surface area contributed by atoms with Crippen molar-refractivity contribution in [3.63, 3.8) is 0 Å². The van der Waals surface area contributed by atoms with Crippen LogP contribution in [0.3, 0.4) is 0 Å². The molecule has 0 heterocycles. The van der Waals surface area contributed by atoms with Gasteiger partial charge in [-0.05, 0) is 24.3 Å². The molecule has 0 spiro atoms. The standard InChI is InChI=1S/C9H11ClN2S2.ClH/c10-7-1-3-8(4-2-7)13-5-6-14-9(11)12;/h1-4H,5-6H2,(H3,11,12);1H. The third kappa shape index (κ3) is 6.95. The van der Waals surface area contributed by atoms with Gasteiger partial charge in [-0.25, -0.2) is 0 Å². The van der Waals surface area contributed by atoms with Crippen LogP contribution in [-0.2, 0) is 0 Å². The molecule has 0 atom stereocenters. The van der Waals surface area contributed by atoms with E-state index in [1.54, 1.807) is 11.8 Å². The highest BCUT2D eigenvalue weighted by Gasteiger charge is 1.95. The third-order valence-electron chi connectivity index (χ3n) is 1.42. The lowest BCUT2D eigenvalue weighted by Gasteiger charge is -2.00. The normalized spacial score (nSPS) is 9.40. The first-order valence-electron chi connectivity index (χ1n) is 4.03. The number of nitrogens with one attached hydrogen (secondary N) is 1. The van der Waals surface area contributed by atoms with E-state index in [1.807, 2.05) is 24.3 Å². The molecule has 1 aromatic carbocycles. The van der Waals surface area contributed by atoms with Gasteiger partial charge in [0.05, 0.1) is 0 Å². The van der Waals surface area contributed by atoms with E-state index in [0.29, 0.717) is 0 Å². The summed E-state index contributed by atoms with van der Waals surface area (Å²) >= 11 is 8.86. The average molecular weight is 283 g/mol. The van der Waals surface area contributed by atoms with E-state index in [1.165, 1.54) is 16.7 Å². The molecule has 1 aromatic rings.